The fraction of sp³-hybridized carbons (Fsp3) is 0.500. The van der Waals surface area contributed by atoms with Gasteiger partial charge in [-0.25, -0.2) is 4.98 Å². The summed E-state index contributed by atoms with van der Waals surface area (Å²) in [5.41, 5.74) is 0.982. The summed E-state index contributed by atoms with van der Waals surface area (Å²) in [6.45, 7) is 0. The molecule has 1 aliphatic rings. The topological polar surface area (TPSA) is 36.4 Å². The van der Waals surface area contributed by atoms with Crippen LogP contribution in [-0.4, -0.2) is 23.2 Å². The molecule has 1 fully saturated rings. The lowest BCUT2D eigenvalue weighted by atomic mass is 9.95. The molecule has 1 aliphatic carbocycles. The maximum Gasteiger partial charge on any atom is 0.186 e. The first kappa shape index (κ1) is 11.8. The molecule has 1 N–H and O–H groups in total. The molecule has 3 nitrogen and oxygen atoms in total. The van der Waals surface area contributed by atoms with Gasteiger partial charge in [0.25, 0.3) is 0 Å². The molecule has 0 spiro atoms. The summed E-state index contributed by atoms with van der Waals surface area (Å²) in [5, 5.41) is 10.6. The molecule has 1 saturated carbocycles. The molecule has 0 saturated heterocycles. The average molecular weight is 262 g/mol. The standard InChI is InChI=1S/C14H18N2OS/c1-16(10-5-3-2-4-6-10)14-15-12-8-7-11(17)9-13(12)18-14/h7-10,17H,2-6H2,1H3. The number of anilines is 1. The zero-order chi connectivity index (χ0) is 12.5. The predicted molar refractivity (Wildman–Crippen MR) is 76.6 cm³/mol. The van der Waals surface area contributed by atoms with Crippen LogP contribution in [0.1, 0.15) is 32.1 Å². The number of hydrogen-bond acceptors (Lipinski definition) is 4. The van der Waals surface area contributed by atoms with Crippen LogP contribution >= 0.6 is 11.3 Å². The second kappa shape index (κ2) is 4.76. The number of benzene rings is 1. The first-order chi connectivity index (χ1) is 8.74. The van der Waals surface area contributed by atoms with Crippen LogP contribution in [0, 0.1) is 0 Å². The molecule has 3 rings (SSSR count). The summed E-state index contributed by atoms with van der Waals surface area (Å²) in [4.78, 5) is 6.98. The number of aromatic nitrogens is 1. The molecule has 0 amide bonds. The van der Waals surface area contributed by atoms with Crippen LogP contribution in [-0.2, 0) is 0 Å². The Balaban J connectivity index is 1.88. The van der Waals surface area contributed by atoms with Crippen molar-refractivity contribution in [3.8, 4) is 5.75 Å². The maximum absolute atomic E-state index is 9.49. The van der Waals surface area contributed by atoms with Crippen molar-refractivity contribution in [1.29, 1.82) is 0 Å². The molecule has 0 radical (unpaired) electrons. The van der Waals surface area contributed by atoms with Gasteiger partial charge in [-0.2, -0.15) is 0 Å². The second-order valence-corrected chi connectivity index (χ2v) is 6.06. The number of thiazole rings is 1. The molecule has 96 valence electrons. The van der Waals surface area contributed by atoms with Gasteiger partial charge < -0.3 is 10.0 Å². The fourth-order valence-electron chi connectivity index (χ4n) is 2.68. The molecule has 1 aromatic carbocycles. The van der Waals surface area contributed by atoms with E-state index in [2.05, 4.69) is 16.9 Å². The van der Waals surface area contributed by atoms with Gasteiger partial charge in [-0.1, -0.05) is 30.6 Å². The molecule has 4 heteroatoms. The Hall–Kier alpha value is -1.29. The molecule has 18 heavy (non-hydrogen) atoms. The zero-order valence-electron chi connectivity index (χ0n) is 10.6. The number of nitrogens with zero attached hydrogens (tertiary/aromatic N) is 2. The quantitative estimate of drug-likeness (QED) is 0.895. The molecule has 0 unspecified atom stereocenters. The van der Waals surface area contributed by atoms with E-state index < -0.39 is 0 Å². The van der Waals surface area contributed by atoms with Gasteiger partial charge in [0.2, 0.25) is 0 Å². The molecule has 0 bridgehead atoms. The maximum atomic E-state index is 9.49. The molecule has 0 atom stereocenters. The predicted octanol–water partition coefficient (Wildman–Crippen LogP) is 3.77. The highest BCUT2D eigenvalue weighted by Gasteiger charge is 2.20. The van der Waals surface area contributed by atoms with Gasteiger partial charge in [-0.3, -0.25) is 0 Å². The highest BCUT2D eigenvalue weighted by molar-refractivity contribution is 7.22. The fourth-order valence-corrected chi connectivity index (χ4v) is 3.71. The minimum absolute atomic E-state index is 0.318. The number of rotatable bonds is 2. The van der Waals surface area contributed by atoms with E-state index in [9.17, 15) is 5.11 Å². The summed E-state index contributed by atoms with van der Waals surface area (Å²) in [6, 6.07) is 6.02. The van der Waals surface area contributed by atoms with Crippen LogP contribution < -0.4 is 4.90 Å². The third kappa shape index (κ3) is 2.17. The number of phenolic OH excluding ortho intramolecular Hbond substituents is 1. The van der Waals surface area contributed by atoms with Gasteiger partial charge in [-0.05, 0) is 31.0 Å². The highest BCUT2D eigenvalue weighted by atomic mass is 32.1. The van der Waals surface area contributed by atoms with Crippen molar-refractivity contribution in [3.63, 3.8) is 0 Å². The van der Waals surface area contributed by atoms with Gasteiger partial charge in [0, 0.05) is 13.1 Å². The SMILES string of the molecule is CN(c1nc2ccc(O)cc2s1)C1CCCCC1. The molecular formula is C14H18N2OS. The Bertz CT molecular complexity index is 546. The number of hydrogen-bond donors (Lipinski definition) is 1. The Morgan fingerprint density at radius 3 is 2.83 bits per heavy atom. The van der Waals surface area contributed by atoms with E-state index >= 15 is 0 Å². The van der Waals surface area contributed by atoms with Crippen LogP contribution in [0.2, 0.25) is 0 Å². The van der Waals surface area contributed by atoms with E-state index in [0.29, 0.717) is 11.8 Å². The van der Waals surface area contributed by atoms with Crippen LogP contribution in [0.25, 0.3) is 10.2 Å². The van der Waals surface area contributed by atoms with Crippen molar-refractivity contribution in [2.24, 2.45) is 0 Å². The van der Waals surface area contributed by atoms with Crippen molar-refractivity contribution in [3.05, 3.63) is 18.2 Å². The third-order valence-electron chi connectivity index (χ3n) is 3.78. The Kier molecular flexibility index (Phi) is 3.12. The van der Waals surface area contributed by atoms with Gasteiger partial charge >= 0.3 is 0 Å². The minimum Gasteiger partial charge on any atom is -0.508 e. The van der Waals surface area contributed by atoms with E-state index in [1.807, 2.05) is 6.07 Å². The second-order valence-electron chi connectivity index (χ2n) is 5.05. The van der Waals surface area contributed by atoms with Crippen molar-refractivity contribution in [2.75, 3.05) is 11.9 Å². The molecule has 1 aromatic heterocycles. The van der Waals surface area contributed by atoms with E-state index in [0.717, 1.165) is 15.3 Å². The van der Waals surface area contributed by atoms with Crippen LogP contribution in [0.15, 0.2) is 18.2 Å². The van der Waals surface area contributed by atoms with Crippen molar-refractivity contribution in [1.82, 2.24) is 4.98 Å². The summed E-state index contributed by atoms with van der Waals surface area (Å²) < 4.78 is 1.06. The third-order valence-corrected chi connectivity index (χ3v) is 4.89. The van der Waals surface area contributed by atoms with Crippen molar-refractivity contribution < 1.29 is 5.11 Å². The first-order valence-corrected chi connectivity index (χ1v) is 7.38. The lowest BCUT2D eigenvalue weighted by Crippen LogP contribution is -2.33. The van der Waals surface area contributed by atoms with E-state index in [4.69, 9.17) is 0 Å². The lowest BCUT2D eigenvalue weighted by Gasteiger charge is -2.30. The highest BCUT2D eigenvalue weighted by Crippen LogP contribution is 2.33. The van der Waals surface area contributed by atoms with Crippen LogP contribution in [0.5, 0.6) is 5.75 Å². The minimum atomic E-state index is 0.318. The summed E-state index contributed by atoms with van der Waals surface area (Å²) >= 11 is 1.67. The van der Waals surface area contributed by atoms with Crippen LogP contribution in [0.4, 0.5) is 5.13 Å². The monoisotopic (exact) mass is 262 g/mol. The van der Waals surface area contributed by atoms with Gasteiger partial charge in [0.05, 0.1) is 10.2 Å². The van der Waals surface area contributed by atoms with E-state index in [1.54, 1.807) is 23.5 Å². The summed E-state index contributed by atoms with van der Waals surface area (Å²) in [6.07, 6.45) is 6.59. The number of aromatic hydroxyl groups is 1. The van der Waals surface area contributed by atoms with E-state index in [1.165, 1.54) is 32.1 Å². The Labute approximate surface area is 111 Å². The Morgan fingerprint density at radius 1 is 1.28 bits per heavy atom. The molecular weight excluding hydrogens is 244 g/mol. The van der Waals surface area contributed by atoms with Gasteiger partial charge in [0.1, 0.15) is 5.75 Å². The lowest BCUT2D eigenvalue weighted by molar-refractivity contribution is 0.427. The van der Waals surface area contributed by atoms with Crippen molar-refractivity contribution >= 4 is 26.7 Å². The van der Waals surface area contributed by atoms with Crippen LogP contribution in [0.3, 0.4) is 0 Å². The van der Waals surface area contributed by atoms with Crippen molar-refractivity contribution in [2.45, 2.75) is 38.1 Å². The number of phenols is 1. The average Bonchev–Trinajstić information content (AvgIpc) is 2.81. The zero-order valence-corrected chi connectivity index (χ0v) is 11.4. The summed E-state index contributed by atoms with van der Waals surface area (Å²) in [5.74, 6) is 0.318. The van der Waals surface area contributed by atoms with Gasteiger partial charge in [0.15, 0.2) is 5.13 Å². The largest absolute Gasteiger partial charge is 0.508 e. The smallest absolute Gasteiger partial charge is 0.186 e. The Morgan fingerprint density at radius 2 is 2.06 bits per heavy atom. The molecule has 0 aliphatic heterocycles. The summed E-state index contributed by atoms with van der Waals surface area (Å²) in [7, 11) is 2.15. The normalized spacial score (nSPS) is 17.2. The van der Waals surface area contributed by atoms with E-state index in [-0.39, 0.29) is 0 Å². The molecule has 2 aromatic rings. The number of fused-ring (bicyclic) bond motifs is 1. The molecule has 1 heterocycles. The van der Waals surface area contributed by atoms with Gasteiger partial charge in [-0.15, -0.1) is 0 Å². The first-order valence-electron chi connectivity index (χ1n) is 6.56.